The van der Waals surface area contributed by atoms with Gasteiger partial charge in [-0.25, -0.2) is 9.78 Å². The van der Waals surface area contributed by atoms with Gasteiger partial charge in [-0.3, -0.25) is 14.9 Å². The third kappa shape index (κ3) is 6.86. The molecule has 1 aromatic heterocycles. The van der Waals surface area contributed by atoms with Crippen molar-refractivity contribution in [3.63, 3.8) is 0 Å². The molecule has 1 fully saturated rings. The average Bonchev–Trinajstić information content (AvgIpc) is 3.40. The molecule has 1 saturated carbocycles. The Kier molecular flexibility index (Phi) is 8.13. The maximum Gasteiger partial charge on any atom is 0.325 e. The van der Waals surface area contributed by atoms with E-state index in [1.165, 1.54) is 11.3 Å². The molecule has 0 saturated heterocycles. The van der Waals surface area contributed by atoms with Crippen molar-refractivity contribution in [3.8, 4) is 0 Å². The smallest absolute Gasteiger partial charge is 0.325 e. The van der Waals surface area contributed by atoms with E-state index in [1.54, 1.807) is 6.07 Å². The summed E-state index contributed by atoms with van der Waals surface area (Å²) < 4.78 is 0. The molecule has 0 bridgehead atoms. The van der Waals surface area contributed by atoms with Gasteiger partial charge >= 0.3 is 12.0 Å². The fourth-order valence-corrected chi connectivity index (χ4v) is 4.39. The van der Waals surface area contributed by atoms with Gasteiger partial charge in [-0.2, -0.15) is 0 Å². The van der Waals surface area contributed by atoms with Crippen LogP contribution in [0.2, 0.25) is 0 Å². The molecule has 0 aliphatic heterocycles. The van der Waals surface area contributed by atoms with E-state index in [2.05, 4.69) is 20.9 Å². The van der Waals surface area contributed by atoms with Gasteiger partial charge in [-0.05, 0) is 31.9 Å². The number of rotatable bonds is 10. The number of aryl methyl sites for hydroxylation is 1. The summed E-state index contributed by atoms with van der Waals surface area (Å²) in [7, 11) is 0. The number of urea groups is 1. The van der Waals surface area contributed by atoms with Crippen LogP contribution < -0.4 is 16.0 Å². The lowest BCUT2D eigenvalue weighted by molar-refractivity contribution is -0.136. The number of carbonyl (C=O) groups excluding carboxylic acids is 2. The largest absolute Gasteiger partial charge is 0.481 e. The number of hydrogen-bond acceptors (Lipinski definition) is 6. The quantitative estimate of drug-likeness (QED) is 0.324. The van der Waals surface area contributed by atoms with Crippen molar-refractivity contribution < 1.29 is 19.5 Å². The highest BCUT2D eigenvalue weighted by Gasteiger charge is 2.26. The van der Waals surface area contributed by atoms with Gasteiger partial charge in [0.1, 0.15) is 0 Å². The van der Waals surface area contributed by atoms with Crippen molar-refractivity contribution in [2.45, 2.75) is 45.4 Å². The van der Waals surface area contributed by atoms with Gasteiger partial charge in [0.2, 0.25) is 0 Å². The summed E-state index contributed by atoms with van der Waals surface area (Å²) in [6.07, 6.45) is 4.68. The average molecular weight is 445 g/mol. The number of nitrogens with zero attached hydrogens (tertiary/aromatic N) is 1. The maximum atomic E-state index is 12.9. The summed E-state index contributed by atoms with van der Waals surface area (Å²) in [4.78, 5) is 40.3. The molecular weight excluding hydrogens is 416 g/mol. The first-order valence-corrected chi connectivity index (χ1v) is 11.4. The number of thiazole rings is 1. The number of carbonyl (C=O) groups is 3. The number of ketones is 1. The molecule has 31 heavy (non-hydrogen) atoms. The number of hydrogen-bond donors (Lipinski definition) is 4. The normalized spacial score (nSPS) is 13.8. The molecular formula is C22H28N4O4S. The Morgan fingerprint density at radius 2 is 1.94 bits per heavy atom. The van der Waals surface area contributed by atoms with Gasteiger partial charge in [0.25, 0.3) is 0 Å². The van der Waals surface area contributed by atoms with Crippen molar-refractivity contribution >= 4 is 39.9 Å². The highest BCUT2D eigenvalue weighted by molar-refractivity contribution is 7.13. The van der Waals surface area contributed by atoms with Crippen LogP contribution in [0.5, 0.6) is 0 Å². The van der Waals surface area contributed by atoms with Gasteiger partial charge in [-0.15, -0.1) is 11.3 Å². The Morgan fingerprint density at radius 3 is 2.68 bits per heavy atom. The van der Waals surface area contributed by atoms with E-state index in [9.17, 15) is 14.4 Å². The summed E-state index contributed by atoms with van der Waals surface area (Å²) >= 11 is 1.32. The van der Waals surface area contributed by atoms with Crippen molar-refractivity contribution in [1.29, 1.82) is 0 Å². The van der Waals surface area contributed by atoms with E-state index >= 15 is 0 Å². The summed E-state index contributed by atoms with van der Waals surface area (Å²) in [6.45, 7) is 2.95. The van der Waals surface area contributed by atoms with Gasteiger partial charge in [0.05, 0.1) is 17.8 Å². The van der Waals surface area contributed by atoms with Crippen molar-refractivity contribution in [2.75, 3.05) is 23.7 Å². The van der Waals surface area contributed by atoms with Crippen LogP contribution in [0.4, 0.5) is 15.6 Å². The van der Waals surface area contributed by atoms with Crippen LogP contribution in [0.1, 0.15) is 53.7 Å². The first-order valence-electron chi connectivity index (χ1n) is 10.5. The first kappa shape index (κ1) is 22.9. The maximum absolute atomic E-state index is 12.9. The SMILES string of the molecule is Cc1ccc(NC(=O)Nc2nc(CCNCCC(=O)O)cs2)c(C(=O)C2CCCC2)c1. The minimum Gasteiger partial charge on any atom is -0.481 e. The van der Waals surface area contributed by atoms with Crippen molar-refractivity contribution in [3.05, 3.63) is 40.4 Å². The summed E-state index contributed by atoms with van der Waals surface area (Å²) in [5.41, 5.74) is 2.87. The van der Waals surface area contributed by atoms with Gasteiger partial charge in [-0.1, -0.05) is 24.5 Å². The highest BCUT2D eigenvalue weighted by Crippen LogP contribution is 2.31. The standard InChI is InChI=1S/C22H28N4O4S/c1-14-6-7-18(17(12-14)20(29)15-4-2-3-5-15)25-21(30)26-22-24-16(13-31-22)8-10-23-11-9-19(27)28/h6-7,12-13,15,23H,2-5,8-11H2,1H3,(H,27,28)(H2,24,25,26,30). The second-order valence-corrected chi connectivity index (χ2v) is 8.62. The van der Waals surface area contributed by atoms with Crippen LogP contribution in [-0.2, 0) is 11.2 Å². The number of Topliss-reactive ketones (excluding diaryl/α,β-unsaturated/α-hetero) is 1. The lowest BCUT2D eigenvalue weighted by Gasteiger charge is -2.14. The van der Waals surface area contributed by atoms with E-state index in [4.69, 9.17) is 5.11 Å². The van der Waals surface area contributed by atoms with E-state index in [0.29, 0.717) is 35.9 Å². The van der Waals surface area contributed by atoms with Crippen LogP contribution >= 0.6 is 11.3 Å². The van der Waals surface area contributed by atoms with Crippen molar-refractivity contribution in [2.24, 2.45) is 5.92 Å². The monoisotopic (exact) mass is 444 g/mol. The molecule has 3 rings (SSSR count). The molecule has 2 aromatic rings. The second kappa shape index (κ2) is 11.0. The molecule has 2 amide bonds. The van der Waals surface area contributed by atoms with Gasteiger partial charge in [0.15, 0.2) is 10.9 Å². The number of benzene rings is 1. The Morgan fingerprint density at radius 1 is 1.16 bits per heavy atom. The third-order valence-corrected chi connectivity index (χ3v) is 6.07. The zero-order chi connectivity index (χ0) is 22.2. The lowest BCUT2D eigenvalue weighted by Crippen LogP contribution is -2.22. The zero-order valence-corrected chi connectivity index (χ0v) is 18.4. The van der Waals surface area contributed by atoms with Gasteiger partial charge in [0, 0.05) is 36.4 Å². The number of carboxylic acids is 1. The molecule has 1 aliphatic rings. The molecule has 8 nitrogen and oxygen atoms in total. The van der Waals surface area contributed by atoms with Crippen LogP contribution in [0.25, 0.3) is 0 Å². The highest BCUT2D eigenvalue weighted by atomic mass is 32.1. The number of carboxylic acid groups (broad SMARTS) is 1. The van der Waals surface area contributed by atoms with Crippen LogP contribution in [0.3, 0.4) is 0 Å². The topological polar surface area (TPSA) is 120 Å². The van der Waals surface area contributed by atoms with E-state index in [-0.39, 0.29) is 18.1 Å². The summed E-state index contributed by atoms with van der Waals surface area (Å²) in [6, 6.07) is 5.05. The number of amides is 2. The molecule has 1 aliphatic carbocycles. The predicted molar refractivity (Wildman–Crippen MR) is 121 cm³/mol. The lowest BCUT2D eigenvalue weighted by atomic mass is 9.94. The molecule has 4 N–H and O–H groups in total. The fourth-order valence-electron chi connectivity index (χ4n) is 3.65. The molecule has 166 valence electrons. The number of nitrogens with one attached hydrogen (secondary N) is 3. The molecule has 1 aromatic carbocycles. The van der Waals surface area contributed by atoms with Crippen LogP contribution in [-0.4, -0.2) is 41.0 Å². The summed E-state index contributed by atoms with van der Waals surface area (Å²) in [5.74, 6) is -0.695. The molecule has 9 heteroatoms. The predicted octanol–water partition coefficient (Wildman–Crippen LogP) is 4.08. The molecule has 0 atom stereocenters. The first-order chi connectivity index (χ1) is 14.9. The van der Waals surface area contributed by atoms with E-state index < -0.39 is 12.0 Å². The Hall–Kier alpha value is -2.78. The van der Waals surface area contributed by atoms with E-state index in [0.717, 1.165) is 36.9 Å². The Bertz CT molecular complexity index is 937. The third-order valence-electron chi connectivity index (χ3n) is 5.26. The van der Waals surface area contributed by atoms with Crippen molar-refractivity contribution in [1.82, 2.24) is 10.3 Å². The fraction of sp³-hybridized carbons (Fsp3) is 0.455. The molecule has 0 radical (unpaired) electrons. The summed E-state index contributed by atoms with van der Waals surface area (Å²) in [5, 5.41) is 19.5. The van der Waals surface area contributed by atoms with Crippen LogP contribution in [0.15, 0.2) is 23.6 Å². The Balaban J connectivity index is 1.55. The molecule has 0 spiro atoms. The Labute approximate surface area is 185 Å². The number of aliphatic carboxylic acids is 1. The minimum atomic E-state index is -0.833. The van der Waals surface area contributed by atoms with E-state index in [1.807, 2.05) is 24.4 Å². The number of aromatic nitrogens is 1. The number of anilines is 2. The zero-order valence-electron chi connectivity index (χ0n) is 17.6. The molecule has 1 heterocycles. The second-order valence-electron chi connectivity index (χ2n) is 7.76. The van der Waals surface area contributed by atoms with Gasteiger partial charge < -0.3 is 15.7 Å². The minimum absolute atomic E-state index is 0.0380. The van der Waals surface area contributed by atoms with Crippen LogP contribution in [0, 0.1) is 12.8 Å². The molecule has 0 unspecified atom stereocenters.